The van der Waals surface area contributed by atoms with Crippen molar-refractivity contribution in [2.24, 2.45) is 0 Å². The lowest BCUT2D eigenvalue weighted by Crippen LogP contribution is -2.50. The minimum absolute atomic E-state index is 0.0859. The highest BCUT2D eigenvalue weighted by Gasteiger charge is 2.44. The predicted octanol–water partition coefficient (Wildman–Crippen LogP) is 4.18. The first-order valence-corrected chi connectivity index (χ1v) is 10.2. The Bertz CT molecular complexity index is 777. The Kier molecular flexibility index (Phi) is 5.51. The first-order valence-electron chi connectivity index (χ1n) is 10.2. The van der Waals surface area contributed by atoms with Gasteiger partial charge in [-0.2, -0.15) is 0 Å². The van der Waals surface area contributed by atoms with Crippen LogP contribution in [0.5, 0.6) is 11.5 Å². The molecule has 1 aromatic carbocycles. The van der Waals surface area contributed by atoms with Crippen molar-refractivity contribution < 1.29 is 14.3 Å². The highest BCUT2D eigenvalue weighted by atomic mass is 16.5. The molecule has 0 spiro atoms. The van der Waals surface area contributed by atoms with Gasteiger partial charge >= 0.3 is 0 Å². The highest BCUT2D eigenvalue weighted by Crippen LogP contribution is 2.37. The summed E-state index contributed by atoms with van der Waals surface area (Å²) in [5, 5.41) is 0. The topological polar surface area (TPSA) is 51.7 Å². The second kappa shape index (κ2) is 8.21. The van der Waals surface area contributed by atoms with E-state index in [2.05, 4.69) is 35.9 Å². The molecule has 3 heterocycles. The Morgan fingerprint density at radius 1 is 1.04 bits per heavy atom. The monoisotopic (exact) mass is 380 g/mol. The first-order chi connectivity index (χ1) is 13.6. The molecule has 0 radical (unpaired) electrons. The molecule has 5 nitrogen and oxygen atoms in total. The number of amides is 1. The zero-order chi connectivity index (χ0) is 19.5. The molecule has 1 amide bonds. The maximum atomic E-state index is 12.8. The van der Waals surface area contributed by atoms with E-state index in [1.165, 1.54) is 5.56 Å². The minimum atomic E-state index is 0.0859. The summed E-state index contributed by atoms with van der Waals surface area (Å²) >= 11 is 0. The van der Waals surface area contributed by atoms with Gasteiger partial charge in [-0.1, -0.05) is 26.0 Å². The maximum Gasteiger partial charge on any atom is 0.261 e. The average Bonchev–Trinajstić information content (AvgIpc) is 2.98. The van der Waals surface area contributed by atoms with E-state index in [1.807, 2.05) is 24.3 Å². The number of aromatic nitrogens is 1. The molecule has 2 bridgehead atoms. The molecule has 0 N–H and O–H groups in total. The zero-order valence-electron chi connectivity index (χ0n) is 16.6. The van der Waals surface area contributed by atoms with E-state index in [0.29, 0.717) is 5.92 Å². The van der Waals surface area contributed by atoms with Crippen LogP contribution in [0, 0.1) is 0 Å². The third-order valence-electron chi connectivity index (χ3n) is 5.84. The third kappa shape index (κ3) is 4.13. The van der Waals surface area contributed by atoms with E-state index in [0.717, 1.165) is 37.2 Å². The van der Waals surface area contributed by atoms with Gasteiger partial charge in [0.2, 0.25) is 0 Å². The number of hydrogen-bond acceptors (Lipinski definition) is 4. The molecule has 1 aromatic heterocycles. The fourth-order valence-corrected chi connectivity index (χ4v) is 4.41. The Hall–Kier alpha value is -2.56. The van der Waals surface area contributed by atoms with Crippen LogP contribution in [0.25, 0.3) is 0 Å². The number of nitrogens with zero attached hydrogens (tertiary/aromatic N) is 2. The normalized spacial score (nSPS) is 23.7. The van der Waals surface area contributed by atoms with E-state index >= 15 is 0 Å². The molecule has 28 heavy (non-hydrogen) atoms. The van der Waals surface area contributed by atoms with Crippen molar-refractivity contribution in [2.75, 3.05) is 6.61 Å². The number of pyridine rings is 1. The van der Waals surface area contributed by atoms with Crippen LogP contribution in [0.3, 0.4) is 0 Å². The molecular formula is C23H28N2O3. The van der Waals surface area contributed by atoms with Crippen molar-refractivity contribution in [2.45, 2.75) is 63.6 Å². The van der Waals surface area contributed by atoms with Crippen molar-refractivity contribution >= 4 is 5.91 Å². The zero-order valence-corrected chi connectivity index (χ0v) is 16.6. The lowest BCUT2D eigenvalue weighted by atomic mass is 9.99. The van der Waals surface area contributed by atoms with Gasteiger partial charge in [-0.15, -0.1) is 0 Å². The summed E-state index contributed by atoms with van der Waals surface area (Å²) in [7, 11) is 0. The molecule has 2 fully saturated rings. The molecule has 0 saturated carbocycles. The van der Waals surface area contributed by atoms with Crippen LogP contribution < -0.4 is 9.47 Å². The summed E-state index contributed by atoms with van der Waals surface area (Å²) in [6.07, 6.45) is 7.52. The number of rotatable bonds is 6. The smallest absolute Gasteiger partial charge is 0.261 e. The molecule has 0 aliphatic carbocycles. The molecule has 2 aliphatic rings. The Morgan fingerprint density at radius 3 is 2.29 bits per heavy atom. The summed E-state index contributed by atoms with van der Waals surface area (Å²) < 4.78 is 11.9. The average molecular weight is 380 g/mol. The largest absolute Gasteiger partial charge is 0.490 e. The fourth-order valence-electron chi connectivity index (χ4n) is 4.41. The Labute approximate surface area is 166 Å². The van der Waals surface area contributed by atoms with Crippen molar-refractivity contribution in [3.05, 3.63) is 54.4 Å². The standard InChI is InChI=1S/C23H28N2O3/c1-16(2)17-3-7-20(8-4-17)27-15-23(26)25-18-5-6-19(25)14-22(13-18)28-21-9-11-24-12-10-21/h3-4,7-12,16,18-19,22H,5-6,13-15H2,1-2H3. The van der Waals surface area contributed by atoms with Gasteiger partial charge in [0.1, 0.15) is 17.6 Å². The van der Waals surface area contributed by atoms with Crippen LogP contribution in [0.15, 0.2) is 48.8 Å². The van der Waals surface area contributed by atoms with E-state index in [9.17, 15) is 4.79 Å². The molecule has 148 valence electrons. The van der Waals surface area contributed by atoms with Gasteiger partial charge < -0.3 is 14.4 Å². The van der Waals surface area contributed by atoms with Crippen molar-refractivity contribution in [3.63, 3.8) is 0 Å². The first kappa shape index (κ1) is 18.8. The number of carbonyl (C=O) groups excluding carboxylic acids is 1. The number of carbonyl (C=O) groups is 1. The molecule has 4 rings (SSSR count). The number of hydrogen-bond donors (Lipinski definition) is 0. The Balaban J connectivity index is 1.32. The number of fused-ring (bicyclic) bond motifs is 2. The van der Waals surface area contributed by atoms with Crippen molar-refractivity contribution in [1.82, 2.24) is 9.88 Å². The molecule has 2 atom stereocenters. The summed E-state index contributed by atoms with van der Waals surface area (Å²) in [4.78, 5) is 18.9. The molecule has 2 aliphatic heterocycles. The van der Waals surface area contributed by atoms with Gasteiger partial charge in [0, 0.05) is 37.3 Å². The molecular weight excluding hydrogens is 352 g/mol. The van der Waals surface area contributed by atoms with Crippen LogP contribution in [0.2, 0.25) is 0 Å². The van der Waals surface area contributed by atoms with Gasteiger partial charge in [-0.3, -0.25) is 9.78 Å². The van der Waals surface area contributed by atoms with E-state index in [-0.39, 0.29) is 30.7 Å². The minimum Gasteiger partial charge on any atom is -0.490 e. The van der Waals surface area contributed by atoms with Crippen molar-refractivity contribution in [1.29, 1.82) is 0 Å². The molecule has 2 saturated heterocycles. The molecule has 5 heteroatoms. The second-order valence-electron chi connectivity index (χ2n) is 8.09. The van der Waals surface area contributed by atoms with Crippen LogP contribution in [-0.2, 0) is 4.79 Å². The quantitative estimate of drug-likeness (QED) is 0.754. The summed E-state index contributed by atoms with van der Waals surface area (Å²) in [6, 6.07) is 12.3. The van der Waals surface area contributed by atoms with E-state index in [1.54, 1.807) is 12.4 Å². The second-order valence-corrected chi connectivity index (χ2v) is 8.09. The molecule has 2 aromatic rings. The lowest BCUT2D eigenvalue weighted by Gasteiger charge is -2.38. The van der Waals surface area contributed by atoms with Gasteiger partial charge in [-0.25, -0.2) is 0 Å². The molecule has 2 unspecified atom stereocenters. The van der Waals surface area contributed by atoms with Crippen LogP contribution >= 0.6 is 0 Å². The maximum absolute atomic E-state index is 12.8. The lowest BCUT2D eigenvalue weighted by molar-refractivity contribution is -0.139. The number of benzene rings is 1. The van der Waals surface area contributed by atoms with Crippen LogP contribution in [0.1, 0.15) is 51.0 Å². The summed E-state index contributed by atoms with van der Waals surface area (Å²) in [5.74, 6) is 2.18. The highest BCUT2D eigenvalue weighted by molar-refractivity contribution is 5.79. The number of piperidine rings is 1. The fraction of sp³-hybridized carbons (Fsp3) is 0.478. The third-order valence-corrected chi connectivity index (χ3v) is 5.84. The van der Waals surface area contributed by atoms with Gasteiger partial charge in [0.25, 0.3) is 5.91 Å². The van der Waals surface area contributed by atoms with Crippen molar-refractivity contribution in [3.8, 4) is 11.5 Å². The van der Waals surface area contributed by atoms with Gasteiger partial charge in [0.05, 0.1) is 0 Å². The summed E-state index contributed by atoms with van der Waals surface area (Å²) in [6.45, 7) is 4.43. The predicted molar refractivity (Wildman–Crippen MR) is 108 cm³/mol. The number of ether oxygens (including phenoxy) is 2. The Morgan fingerprint density at radius 2 is 1.68 bits per heavy atom. The van der Waals surface area contributed by atoms with E-state index in [4.69, 9.17) is 9.47 Å². The summed E-state index contributed by atoms with van der Waals surface area (Å²) in [5.41, 5.74) is 1.27. The SMILES string of the molecule is CC(C)c1ccc(OCC(=O)N2C3CCC2CC(Oc2ccncc2)C3)cc1. The van der Waals surface area contributed by atoms with Crippen LogP contribution in [-0.4, -0.2) is 40.6 Å². The van der Waals surface area contributed by atoms with E-state index < -0.39 is 0 Å². The van der Waals surface area contributed by atoms with Gasteiger partial charge in [-0.05, 0) is 48.6 Å². The van der Waals surface area contributed by atoms with Crippen LogP contribution in [0.4, 0.5) is 0 Å². The van der Waals surface area contributed by atoms with Gasteiger partial charge in [0.15, 0.2) is 6.61 Å².